The van der Waals surface area contributed by atoms with Gasteiger partial charge in [0.05, 0.1) is 11.8 Å². The predicted octanol–water partition coefficient (Wildman–Crippen LogP) is 0.777. The summed E-state index contributed by atoms with van der Waals surface area (Å²) in [6.45, 7) is 0. The average Bonchev–Trinajstić information content (AvgIpc) is 2.08. The highest BCUT2D eigenvalue weighted by Crippen LogP contribution is 2.45. The highest BCUT2D eigenvalue weighted by Gasteiger charge is 2.28. The molecule has 1 aliphatic heterocycles. The zero-order valence-electron chi connectivity index (χ0n) is 5.86. The summed E-state index contributed by atoms with van der Waals surface area (Å²) in [7, 11) is -2.47. The van der Waals surface area contributed by atoms with Gasteiger partial charge in [-0.15, -0.1) is 0 Å². The first-order chi connectivity index (χ1) is 4.99. The van der Waals surface area contributed by atoms with Crippen molar-refractivity contribution in [3.63, 3.8) is 0 Å². The van der Waals surface area contributed by atoms with Crippen molar-refractivity contribution in [1.29, 1.82) is 0 Å². The van der Waals surface area contributed by atoms with E-state index in [0.29, 0.717) is 12.2 Å². The van der Waals surface area contributed by atoms with Crippen molar-refractivity contribution in [2.75, 3.05) is 11.5 Å². The predicted molar refractivity (Wildman–Crippen MR) is 42.1 cm³/mol. The second-order valence-corrected chi connectivity index (χ2v) is 4.95. The van der Waals surface area contributed by atoms with Gasteiger partial charge in [-0.3, -0.25) is 9.11 Å². The Morgan fingerprint density at radius 3 is 2.55 bits per heavy atom. The van der Waals surface area contributed by atoms with E-state index in [1.807, 2.05) is 0 Å². The molecule has 1 heterocycles. The van der Waals surface area contributed by atoms with Crippen LogP contribution in [0.5, 0.6) is 0 Å². The third-order valence-electron chi connectivity index (χ3n) is 1.59. The Labute approximate surface area is 65.8 Å². The molecule has 1 aliphatic rings. The van der Waals surface area contributed by atoms with Gasteiger partial charge in [-0.25, -0.2) is 4.79 Å². The molecule has 1 amide bonds. The maximum Gasteiger partial charge on any atom is 0.404 e. The van der Waals surface area contributed by atoms with E-state index in [1.165, 1.54) is 0 Å². The van der Waals surface area contributed by atoms with Crippen LogP contribution in [0.2, 0.25) is 0 Å². The van der Waals surface area contributed by atoms with Gasteiger partial charge in [0.2, 0.25) is 0 Å². The summed E-state index contributed by atoms with van der Waals surface area (Å²) in [5.41, 5.74) is 0. The maximum absolute atomic E-state index is 10.1. The minimum atomic E-state index is -2.47. The van der Waals surface area contributed by atoms with Crippen LogP contribution < -0.4 is 5.32 Å². The normalized spacial score (nSPS) is 31.3. The van der Waals surface area contributed by atoms with Crippen molar-refractivity contribution >= 4 is 16.7 Å². The molecule has 1 rings (SSSR count). The van der Waals surface area contributed by atoms with Crippen molar-refractivity contribution < 1.29 is 19.0 Å². The molecule has 66 valence electrons. The molecule has 4 N–H and O–H groups in total. The number of hydrogen-bond acceptors (Lipinski definition) is 3. The minimum Gasteiger partial charge on any atom is -0.465 e. The molecule has 1 fully saturated rings. The lowest BCUT2D eigenvalue weighted by atomic mass is 10.3. The quantitative estimate of drug-likeness (QED) is 0.481. The van der Waals surface area contributed by atoms with Gasteiger partial charge < -0.3 is 10.4 Å². The van der Waals surface area contributed by atoms with Gasteiger partial charge in [-0.1, -0.05) is 0 Å². The molecule has 0 spiro atoms. The molecule has 0 saturated carbocycles. The van der Waals surface area contributed by atoms with Crippen LogP contribution in [0.15, 0.2) is 0 Å². The zero-order valence-corrected chi connectivity index (χ0v) is 6.67. The molecule has 6 heteroatoms. The summed E-state index contributed by atoms with van der Waals surface area (Å²) in [6, 6.07) is -0.280. The molecule has 0 radical (unpaired) electrons. The smallest absolute Gasteiger partial charge is 0.404 e. The fourth-order valence-corrected chi connectivity index (χ4v) is 2.83. The largest absolute Gasteiger partial charge is 0.465 e. The van der Waals surface area contributed by atoms with Gasteiger partial charge in [-0.2, -0.15) is 10.6 Å². The number of hydrogen-bond donors (Lipinski definition) is 4. The molecule has 11 heavy (non-hydrogen) atoms. The fourth-order valence-electron chi connectivity index (χ4n) is 1.11. The molecule has 0 aromatic carbocycles. The third kappa shape index (κ3) is 2.57. The number of nitrogens with one attached hydrogen (secondary N) is 1. The SMILES string of the molecule is O=C(O)NC1CCS(O)(O)C1. The number of rotatable bonds is 1. The Bertz CT molecular complexity index is 172. The maximum atomic E-state index is 10.1. The van der Waals surface area contributed by atoms with Gasteiger partial charge in [0.1, 0.15) is 0 Å². The van der Waals surface area contributed by atoms with E-state index in [0.717, 1.165) is 0 Å². The molecular formula is C5H11NO4S. The second-order valence-electron chi connectivity index (χ2n) is 2.61. The molecule has 0 aromatic heterocycles. The Kier molecular flexibility index (Phi) is 2.26. The Morgan fingerprint density at radius 2 is 2.18 bits per heavy atom. The number of carboxylic acid groups (broad SMARTS) is 1. The Balaban J connectivity index is 2.36. The lowest BCUT2D eigenvalue weighted by Gasteiger charge is -2.25. The van der Waals surface area contributed by atoms with E-state index in [-0.39, 0.29) is 11.8 Å². The van der Waals surface area contributed by atoms with Crippen molar-refractivity contribution in [2.24, 2.45) is 0 Å². The fraction of sp³-hybridized carbons (Fsp3) is 0.800. The van der Waals surface area contributed by atoms with Crippen LogP contribution in [0, 0.1) is 0 Å². The molecule has 1 unspecified atom stereocenters. The van der Waals surface area contributed by atoms with Crippen LogP contribution in [0.25, 0.3) is 0 Å². The minimum absolute atomic E-state index is 0.166. The first kappa shape index (κ1) is 8.63. The molecule has 0 aromatic rings. The van der Waals surface area contributed by atoms with E-state index < -0.39 is 16.7 Å². The first-order valence-electron chi connectivity index (χ1n) is 3.23. The van der Waals surface area contributed by atoms with Gasteiger partial charge in [-0.05, 0) is 6.42 Å². The lowest BCUT2D eigenvalue weighted by Crippen LogP contribution is -2.33. The molecule has 1 atom stereocenters. The van der Waals surface area contributed by atoms with Gasteiger partial charge in [0, 0.05) is 5.75 Å². The van der Waals surface area contributed by atoms with Crippen LogP contribution in [0.1, 0.15) is 6.42 Å². The van der Waals surface area contributed by atoms with Gasteiger partial charge in [0.15, 0.2) is 0 Å². The van der Waals surface area contributed by atoms with Crippen LogP contribution in [-0.2, 0) is 0 Å². The zero-order chi connectivity index (χ0) is 8.48. The summed E-state index contributed by atoms with van der Waals surface area (Å²) >= 11 is 0. The summed E-state index contributed by atoms with van der Waals surface area (Å²) < 4.78 is 18.2. The Hall–Kier alpha value is -0.460. The molecular weight excluding hydrogens is 170 g/mol. The van der Waals surface area contributed by atoms with Crippen molar-refractivity contribution in [3.8, 4) is 0 Å². The summed E-state index contributed by atoms with van der Waals surface area (Å²) in [5, 5.41) is 10.5. The highest BCUT2D eigenvalue weighted by atomic mass is 32.3. The molecule has 5 nitrogen and oxygen atoms in total. The van der Waals surface area contributed by atoms with E-state index in [1.54, 1.807) is 0 Å². The first-order valence-corrected chi connectivity index (χ1v) is 5.11. The van der Waals surface area contributed by atoms with E-state index in [2.05, 4.69) is 5.32 Å². The third-order valence-corrected chi connectivity index (χ3v) is 3.41. The van der Waals surface area contributed by atoms with E-state index >= 15 is 0 Å². The summed E-state index contributed by atoms with van der Waals surface area (Å²) in [5.74, 6) is 0.483. The topological polar surface area (TPSA) is 89.8 Å². The monoisotopic (exact) mass is 181 g/mol. The van der Waals surface area contributed by atoms with Crippen LogP contribution in [0.4, 0.5) is 4.79 Å². The van der Waals surface area contributed by atoms with Crippen molar-refractivity contribution in [3.05, 3.63) is 0 Å². The molecule has 0 aliphatic carbocycles. The summed E-state index contributed by atoms with van der Waals surface area (Å²) in [6.07, 6.45) is -0.582. The van der Waals surface area contributed by atoms with E-state index in [9.17, 15) is 4.79 Å². The molecule has 0 bridgehead atoms. The summed E-state index contributed by atoms with van der Waals surface area (Å²) in [4.78, 5) is 10.1. The van der Waals surface area contributed by atoms with Crippen LogP contribution in [-0.4, -0.2) is 37.9 Å². The average molecular weight is 181 g/mol. The van der Waals surface area contributed by atoms with Crippen LogP contribution in [0.3, 0.4) is 0 Å². The van der Waals surface area contributed by atoms with E-state index in [4.69, 9.17) is 14.2 Å². The van der Waals surface area contributed by atoms with Crippen molar-refractivity contribution in [1.82, 2.24) is 5.32 Å². The number of carbonyl (C=O) groups is 1. The standard InChI is InChI=1S/C5H11NO4S/c7-5(8)6-4-1-2-11(9,10)3-4/h4,6,9-10H,1-3H2,(H,7,8). The number of amides is 1. The van der Waals surface area contributed by atoms with Crippen LogP contribution >= 0.6 is 10.6 Å². The van der Waals surface area contributed by atoms with Gasteiger partial charge in [0.25, 0.3) is 0 Å². The van der Waals surface area contributed by atoms with Crippen molar-refractivity contribution in [2.45, 2.75) is 12.5 Å². The molecule has 1 saturated heterocycles. The Morgan fingerprint density at radius 1 is 1.55 bits per heavy atom. The lowest BCUT2D eigenvalue weighted by molar-refractivity contribution is 0.191. The highest BCUT2D eigenvalue weighted by molar-refractivity contribution is 8.24. The second kappa shape index (κ2) is 2.88. The van der Waals surface area contributed by atoms with Gasteiger partial charge >= 0.3 is 6.09 Å².